The molecule has 0 atom stereocenters. The molecule has 1 aromatic heterocycles. The van der Waals surface area contributed by atoms with E-state index in [2.05, 4.69) is 61.0 Å². The van der Waals surface area contributed by atoms with E-state index in [0.717, 1.165) is 17.9 Å². The number of nitrogens with one attached hydrogen (secondary N) is 1. The Morgan fingerprint density at radius 2 is 1.86 bits per heavy atom. The van der Waals surface area contributed by atoms with Gasteiger partial charge >= 0.3 is 0 Å². The molecule has 0 aliphatic rings. The normalized spacial score (nSPS) is 11.1. The van der Waals surface area contributed by atoms with E-state index in [1.54, 1.807) is 7.11 Å². The van der Waals surface area contributed by atoms with Gasteiger partial charge in [-0.15, -0.1) is 0 Å². The maximum atomic E-state index is 5.26. The minimum atomic E-state index is 0.375. The van der Waals surface area contributed by atoms with Gasteiger partial charge in [0.15, 0.2) is 0 Å². The van der Waals surface area contributed by atoms with Gasteiger partial charge in [-0.1, -0.05) is 24.3 Å². The Balaban J connectivity index is 2.17. The molecule has 114 valence electrons. The minimum absolute atomic E-state index is 0.375. The molecular formula is C17H25N3O. The van der Waals surface area contributed by atoms with Crippen molar-refractivity contribution in [3.8, 4) is 0 Å². The summed E-state index contributed by atoms with van der Waals surface area (Å²) < 4.78 is 7.33. The molecule has 2 rings (SSSR count). The average Bonchev–Trinajstić information content (AvgIpc) is 2.74. The lowest BCUT2D eigenvalue weighted by Crippen LogP contribution is -2.07. The van der Waals surface area contributed by atoms with Gasteiger partial charge in [-0.25, -0.2) is 0 Å². The van der Waals surface area contributed by atoms with Gasteiger partial charge in [0.2, 0.25) is 0 Å². The van der Waals surface area contributed by atoms with Gasteiger partial charge in [0.1, 0.15) is 0 Å². The molecule has 4 nitrogen and oxygen atoms in total. The van der Waals surface area contributed by atoms with E-state index < -0.39 is 0 Å². The zero-order valence-electron chi connectivity index (χ0n) is 13.6. The van der Waals surface area contributed by atoms with Crippen LogP contribution in [0.2, 0.25) is 0 Å². The number of ether oxygens (including phenoxy) is 1. The van der Waals surface area contributed by atoms with Crippen LogP contribution in [-0.4, -0.2) is 16.9 Å². The average molecular weight is 287 g/mol. The summed E-state index contributed by atoms with van der Waals surface area (Å²) in [4.78, 5) is 0. The van der Waals surface area contributed by atoms with E-state index in [1.165, 1.54) is 16.8 Å². The fraction of sp³-hybridized carbons (Fsp3) is 0.471. The highest BCUT2D eigenvalue weighted by atomic mass is 16.5. The fourth-order valence-electron chi connectivity index (χ4n) is 2.63. The van der Waals surface area contributed by atoms with Crippen LogP contribution >= 0.6 is 0 Å². The third-order valence-electron chi connectivity index (χ3n) is 3.69. The second kappa shape index (κ2) is 6.76. The molecule has 0 radical (unpaired) electrons. The van der Waals surface area contributed by atoms with E-state index in [9.17, 15) is 0 Å². The van der Waals surface area contributed by atoms with Crippen molar-refractivity contribution >= 4 is 5.69 Å². The van der Waals surface area contributed by atoms with Crippen LogP contribution in [0.3, 0.4) is 0 Å². The smallest absolute Gasteiger partial charge is 0.0828 e. The number of methoxy groups -OCH3 is 1. The molecule has 2 aromatic rings. The lowest BCUT2D eigenvalue weighted by Gasteiger charge is -2.12. The highest BCUT2D eigenvalue weighted by Crippen LogP contribution is 2.23. The molecular weight excluding hydrogens is 262 g/mol. The number of nitrogens with zero attached hydrogens (tertiary/aromatic N) is 2. The number of aryl methyl sites for hydroxylation is 1. The van der Waals surface area contributed by atoms with Crippen molar-refractivity contribution in [1.82, 2.24) is 9.78 Å². The summed E-state index contributed by atoms with van der Waals surface area (Å²) in [7, 11) is 1.73. The molecule has 0 fully saturated rings. The van der Waals surface area contributed by atoms with E-state index in [4.69, 9.17) is 4.74 Å². The lowest BCUT2D eigenvalue weighted by molar-refractivity contribution is 0.184. The van der Waals surface area contributed by atoms with Gasteiger partial charge in [-0.05, 0) is 38.8 Å². The second-order valence-corrected chi connectivity index (χ2v) is 5.64. The SMILES string of the molecule is COCc1ccccc1CNc1c(C)nn(C(C)C)c1C. The highest BCUT2D eigenvalue weighted by molar-refractivity contribution is 5.52. The molecule has 0 saturated carbocycles. The number of benzene rings is 1. The van der Waals surface area contributed by atoms with E-state index in [1.807, 2.05) is 6.07 Å². The largest absolute Gasteiger partial charge is 0.380 e. The van der Waals surface area contributed by atoms with Gasteiger partial charge < -0.3 is 10.1 Å². The first kappa shape index (κ1) is 15.6. The third kappa shape index (κ3) is 3.45. The van der Waals surface area contributed by atoms with E-state index in [-0.39, 0.29) is 0 Å². The first-order valence-electron chi connectivity index (χ1n) is 7.40. The van der Waals surface area contributed by atoms with Crippen LogP contribution in [0.1, 0.15) is 42.4 Å². The summed E-state index contributed by atoms with van der Waals surface area (Å²) in [6.07, 6.45) is 0. The zero-order chi connectivity index (χ0) is 15.4. The van der Waals surface area contributed by atoms with Crippen molar-refractivity contribution in [3.63, 3.8) is 0 Å². The summed E-state index contributed by atoms with van der Waals surface area (Å²) in [5, 5.41) is 8.14. The highest BCUT2D eigenvalue weighted by Gasteiger charge is 2.13. The minimum Gasteiger partial charge on any atom is -0.380 e. The maximum absolute atomic E-state index is 5.26. The van der Waals surface area contributed by atoms with Crippen LogP contribution in [0.5, 0.6) is 0 Å². The Labute approximate surface area is 127 Å². The Hall–Kier alpha value is -1.81. The van der Waals surface area contributed by atoms with Crippen molar-refractivity contribution in [1.29, 1.82) is 0 Å². The predicted molar refractivity (Wildman–Crippen MR) is 86.6 cm³/mol. The Kier molecular flexibility index (Phi) is 5.02. The third-order valence-corrected chi connectivity index (χ3v) is 3.69. The van der Waals surface area contributed by atoms with Crippen molar-refractivity contribution in [2.45, 2.75) is 46.9 Å². The lowest BCUT2D eigenvalue weighted by atomic mass is 10.1. The topological polar surface area (TPSA) is 39.1 Å². The molecule has 0 bridgehead atoms. The van der Waals surface area contributed by atoms with Gasteiger partial charge in [-0.3, -0.25) is 4.68 Å². The summed E-state index contributed by atoms with van der Waals surface area (Å²) in [6.45, 7) is 9.89. The van der Waals surface area contributed by atoms with Gasteiger partial charge in [0, 0.05) is 19.7 Å². The van der Waals surface area contributed by atoms with Crippen molar-refractivity contribution < 1.29 is 4.74 Å². The number of hydrogen-bond acceptors (Lipinski definition) is 3. The molecule has 21 heavy (non-hydrogen) atoms. The van der Waals surface area contributed by atoms with Crippen LogP contribution in [0.4, 0.5) is 5.69 Å². The van der Waals surface area contributed by atoms with Gasteiger partial charge in [0.05, 0.1) is 23.7 Å². The molecule has 4 heteroatoms. The van der Waals surface area contributed by atoms with Crippen LogP contribution < -0.4 is 5.32 Å². The fourth-order valence-corrected chi connectivity index (χ4v) is 2.63. The summed E-state index contributed by atoms with van der Waals surface area (Å²) in [5.41, 5.74) is 5.85. The molecule has 0 saturated heterocycles. The standard InChI is InChI=1S/C17H25N3O/c1-12(2)20-14(4)17(13(3)19-20)18-10-15-8-6-7-9-16(15)11-21-5/h6-9,12,18H,10-11H2,1-5H3. The van der Waals surface area contributed by atoms with Crippen molar-refractivity contribution in [2.24, 2.45) is 0 Å². The molecule has 0 aliphatic heterocycles. The zero-order valence-corrected chi connectivity index (χ0v) is 13.6. The van der Waals surface area contributed by atoms with Crippen LogP contribution in [-0.2, 0) is 17.9 Å². The van der Waals surface area contributed by atoms with Crippen molar-refractivity contribution in [2.75, 3.05) is 12.4 Å². The number of anilines is 1. The molecule has 0 amide bonds. The van der Waals surface area contributed by atoms with Gasteiger partial charge in [0.25, 0.3) is 0 Å². The first-order valence-corrected chi connectivity index (χ1v) is 7.40. The Morgan fingerprint density at radius 1 is 1.19 bits per heavy atom. The molecule has 1 heterocycles. The van der Waals surface area contributed by atoms with E-state index >= 15 is 0 Å². The molecule has 0 aliphatic carbocycles. The Bertz CT molecular complexity index is 602. The van der Waals surface area contributed by atoms with Gasteiger partial charge in [-0.2, -0.15) is 5.10 Å². The molecule has 1 aromatic carbocycles. The molecule has 0 spiro atoms. The summed E-state index contributed by atoms with van der Waals surface area (Å²) >= 11 is 0. The summed E-state index contributed by atoms with van der Waals surface area (Å²) in [5.74, 6) is 0. The second-order valence-electron chi connectivity index (χ2n) is 5.64. The predicted octanol–water partition coefficient (Wildman–Crippen LogP) is 3.84. The number of hydrogen-bond donors (Lipinski definition) is 1. The summed E-state index contributed by atoms with van der Waals surface area (Å²) in [6, 6.07) is 8.73. The molecule has 1 N–H and O–H groups in total. The van der Waals surface area contributed by atoms with Crippen LogP contribution in [0.25, 0.3) is 0 Å². The van der Waals surface area contributed by atoms with Crippen LogP contribution in [0.15, 0.2) is 24.3 Å². The number of rotatable bonds is 6. The quantitative estimate of drug-likeness (QED) is 0.877. The Morgan fingerprint density at radius 3 is 2.43 bits per heavy atom. The monoisotopic (exact) mass is 287 g/mol. The van der Waals surface area contributed by atoms with Crippen molar-refractivity contribution in [3.05, 3.63) is 46.8 Å². The first-order chi connectivity index (χ1) is 10.0. The molecule has 0 unspecified atom stereocenters. The maximum Gasteiger partial charge on any atom is 0.0828 e. The van der Waals surface area contributed by atoms with E-state index in [0.29, 0.717) is 12.6 Å². The number of aromatic nitrogens is 2. The van der Waals surface area contributed by atoms with Crippen LogP contribution in [0, 0.1) is 13.8 Å².